The van der Waals surface area contributed by atoms with E-state index in [1.165, 1.54) is 128 Å². The SMILES string of the molecule is CCCCCCCCCCCCCCCCC(CCCCCCCCCCCCCCCC)(C(=O)[O-])C(=O)[O-]. The van der Waals surface area contributed by atoms with E-state index in [1.807, 2.05) is 0 Å². The molecule has 4 nitrogen and oxygen atoms in total. The molecule has 0 unspecified atom stereocenters. The number of hydrogen-bond donors (Lipinski definition) is 0. The van der Waals surface area contributed by atoms with Crippen molar-refractivity contribution in [3.8, 4) is 0 Å². The number of carbonyl (C=O) groups excluding carboxylic acids is 2. The number of carboxylic acid groups (broad SMARTS) is 2. The summed E-state index contributed by atoms with van der Waals surface area (Å²) in [6, 6.07) is 0. The van der Waals surface area contributed by atoms with Gasteiger partial charge in [-0.15, -0.1) is 0 Å². The molecule has 0 aliphatic heterocycles. The molecule has 0 rings (SSSR count). The van der Waals surface area contributed by atoms with Crippen LogP contribution in [0.2, 0.25) is 0 Å². The Kier molecular flexibility index (Phi) is 27.7. The van der Waals surface area contributed by atoms with Crippen LogP contribution in [0.15, 0.2) is 0 Å². The van der Waals surface area contributed by atoms with Gasteiger partial charge in [0, 0.05) is 5.41 Å². The van der Waals surface area contributed by atoms with Crippen molar-refractivity contribution in [2.45, 2.75) is 206 Å². The molecule has 0 radical (unpaired) electrons. The molecule has 0 aliphatic carbocycles. The van der Waals surface area contributed by atoms with Gasteiger partial charge in [0.15, 0.2) is 0 Å². The molecule has 0 heterocycles. The lowest BCUT2D eigenvalue weighted by Gasteiger charge is -2.36. The van der Waals surface area contributed by atoms with Crippen LogP contribution < -0.4 is 10.2 Å². The third-order valence-corrected chi connectivity index (χ3v) is 8.70. The Morgan fingerprint density at radius 3 is 0.718 bits per heavy atom. The molecule has 39 heavy (non-hydrogen) atoms. The Morgan fingerprint density at radius 1 is 0.359 bits per heavy atom. The minimum atomic E-state index is -1.81. The fraction of sp³-hybridized carbons (Fsp3) is 0.943. The molecule has 0 amide bonds. The highest BCUT2D eigenvalue weighted by Crippen LogP contribution is 2.31. The van der Waals surface area contributed by atoms with E-state index in [0.29, 0.717) is 12.8 Å². The Hall–Kier alpha value is -1.06. The van der Waals surface area contributed by atoms with Crippen molar-refractivity contribution >= 4 is 11.9 Å². The highest BCUT2D eigenvalue weighted by atomic mass is 16.4. The summed E-state index contributed by atoms with van der Waals surface area (Å²) < 4.78 is 0. The molecule has 0 fully saturated rings. The molecule has 4 heteroatoms. The molecule has 0 N–H and O–H groups in total. The van der Waals surface area contributed by atoms with Crippen molar-refractivity contribution < 1.29 is 19.8 Å². The standard InChI is InChI=1S/C35H68O4/c1-3-5-7-9-11-13-15-17-19-21-23-25-27-29-31-35(33(36)37,34(38)39)32-30-28-26-24-22-20-18-16-14-12-10-8-6-4-2/h3-32H2,1-2H3,(H,36,37)(H,38,39)/p-2. The zero-order valence-electron chi connectivity index (χ0n) is 26.3. The van der Waals surface area contributed by atoms with Gasteiger partial charge in [-0.05, 0) is 12.8 Å². The lowest BCUT2D eigenvalue weighted by molar-refractivity contribution is -0.344. The zero-order chi connectivity index (χ0) is 28.9. The molecule has 0 saturated carbocycles. The lowest BCUT2D eigenvalue weighted by atomic mass is 9.78. The topological polar surface area (TPSA) is 80.3 Å². The lowest BCUT2D eigenvalue weighted by Crippen LogP contribution is -2.53. The minimum Gasteiger partial charge on any atom is -0.549 e. The third-order valence-electron chi connectivity index (χ3n) is 8.70. The van der Waals surface area contributed by atoms with E-state index in [4.69, 9.17) is 0 Å². The van der Waals surface area contributed by atoms with Gasteiger partial charge in [-0.1, -0.05) is 194 Å². The van der Waals surface area contributed by atoms with Crippen LogP contribution in [0.25, 0.3) is 0 Å². The summed E-state index contributed by atoms with van der Waals surface area (Å²) in [5, 5.41) is 23.7. The van der Waals surface area contributed by atoms with Crippen LogP contribution >= 0.6 is 0 Å². The van der Waals surface area contributed by atoms with Gasteiger partial charge in [0.25, 0.3) is 0 Å². The van der Waals surface area contributed by atoms with Gasteiger partial charge in [0.1, 0.15) is 0 Å². The molecular formula is C35H66O4-2. The summed E-state index contributed by atoms with van der Waals surface area (Å²) in [7, 11) is 0. The Bertz CT molecular complexity index is 497. The van der Waals surface area contributed by atoms with E-state index in [9.17, 15) is 19.8 Å². The number of aliphatic carboxylic acids is 2. The largest absolute Gasteiger partial charge is 0.549 e. The van der Waals surface area contributed by atoms with Gasteiger partial charge in [-0.25, -0.2) is 0 Å². The molecule has 0 aliphatic rings. The first-order valence-electron chi connectivity index (χ1n) is 17.4. The molecule has 0 aromatic heterocycles. The molecule has 0 saturated heterocycles. The fourth-order valence-electron chi connectivity index (χ4n) is 5.86. The van der Waals surface area contributed by atoms with Crippen molar-refractivity contribution in [3.63, 3.8) is 0 Å². The van der Waals surface area contributed by atoms with Crippen LogP contribution in [-0.4, -0.2) is 11.9 Å². The maximum Gasteiger partial charge on any atom is 0.0532 e. The number of unbranched alkanes of at least 4 members (excludes halogenated alkanes) is 26. The summed E-state index contributed by atoms with van der Waals surface area (Å²) in [4.78, 5) is 23.7. The van der Waals surface area contributed by atoms with Gasteiger partial charge >= 0.3 is 0 Å². The second-order valence-corrected chi connectivity index (χ2v) is 12.3. The quantitative estimate of drug-likeness (QED) is 0.0617. The van der Waals surface area contributed by atoms with Crippen LogP contribution in [0, 0.1) is 5.41 Å². The normalized spacial score (nSPS) is 11.7. The van der Waals surface area contributed by atoms with Crippen molar-refractivity contribution in [1.82, 2.24) is 0 Å². The minimum absolute atomic E-state index is 0.147. The molecule has 0 aromatic rings. The molecule has 0 spiro atoms. The molecule has 0 bridgehead atoms. The summed E-state index contributed by atoms with van der Waals surface area (Å²) >= 11 is 0. The monoisotopic (exact) mass is 550 g/mol. The molecule has 0 aromatic carbocycles. The number of hydrogen-bond acceptors (Lipinski definition) is 4. The van der Waals surface area contributed by atoms with E-state index < -0.39 is 17.4 Å². The second-order valence-electron chi connectivity index (χ2n) is 12.3. The Morgan fingerprint density at radius 2 is 0.538 bits per heavy atom. The predicted molar refractivity (Wildman–Crippen MR) is 162 cm³/mol. The molecule has 232 valence electrons. The smallest absolute Gasteiger partial charge is 0.0532 e. The van der Waals surface area contributed by atoms with Crippen LogP contribution in [0.1, 0.15) is 206 Å². The van der Waals surface area contributed by atoms with E-state index in [-0.39, 0.29) is 12.8 Å². The first-order chi connectivity index (χ1) is 19.0. The van der Waals surface area contributed by atoms with Gasteiger partial charge in [0.2, 0.25) is 0 Å². The summed E-state index contributed by atoms with van der Waals surface area (Å²) in [5.74, 6) is -2.90. The molecular weight excluding hydrogens is 484 g/mol. The summed E-state index contributed by atoms with van der Waals surface area (Å²) in [5.41, 5.74) is -1.81. The van der Waals surface area contributed by atoms with Gasteiger partial charge in [-0.2, -0.15) is 0 Å². The first-order valence-corrected chi connectivity index (χ1v) is 17.4. The van der Waals surface area contributed by atoms with Crippen molar-refractivity contribution in [3.05, 3.63) is 0 Å². The van der Waals surface area contributed by atoms with Crippen LogP contribution in [0.5, 0.6) is 0 Å². The van der Waals surface area contributed by atoms with E-state index >= 15 is 0 Å². The van der Waals surface area contributed by atoms with Crippen LogP contribution in [-0.2, 0) is 9.59 Å². The van der Waals surface area contributed by atoms with Gasteiger partial charge < -0.3 is 19.8 Å². The Balaban J connectivity index is 3.83. The average Bonchev–Trinajstić information content (AvgIpc) is 2.91. The van der Waals surface area contributed by atoms with Crippen LogP contribution in [0.3, 0.4) is 0 Å². The Labute approximate surface area is 243 Å². The van der Waals surface area contributed by atoms with Crippen LogP contribution in [0.4, 0.5) is 0 Å². The van der Waals surface area contributed by atoms with Crippen molar-refractivity contribution in [1.29, 1.82) is 0 Å². The maximum atomic E-state index is 11.9. The number of rotatable bonds is 32. The van der Waals surface area contributed by atoms with Crippen molar-refractivity contribution in [2.24, 2.45) is 5.41 Å². The van der Waals surface area contributed by atoms with Gasteiger partial charge in [-0.3, -0.25) is 0 Å². The highest BCUT2D eigenvalue weighted by molar-refractivity contribution is 5.96. The van der Waals surface area contributed by atoms with Gasteiger partial charge in [0.05, 0.1) is 11.9 Å². The maximum absolute atomic E-state index is 11.9. The number of carboxylic acids is 2. The highest BCUT2D eigenvalue weighted by Gasteiger charge is 2.32. The third kappa shape index (κ3) is 22.3. The predicted octanol–water partition coefficient (Wildman–Crippen LogP) is 9.22. The second kappa shape index (κ2) is 28.5. The number of carbonyl (C=O) groups is 2. The summed E-state index contributed by atoms with van der Waals surface area (Å²) in [6.45, 7) is 4.51. The van der Waals surface area contributed by atoms with E-state index in [1.54, 1.807) is 0 Å². The molecule has 0 atom stereocenters. The first kappa shape index (κ1) is 37.9. The van der Waals surface area contributed by atoms with Crippen molar-refractivity contribution in [2.75, 3.05) is 0 Å². The average molecular weight is 551 g/mol. The zero-order valence-corrected chi connectivity index (χ0v) is 26.3. The summed E-state index contributed by atoms with van der Waals surface area (Å²) in [6.07, 6.45) is 34.3. The van der Waals surface area contributed by atoms with E-state index in [2.05, 4.69) is 13.8 Å². The fourth-order valence-corrected chi connectivity index (χ4v) is 5.86. The van der Waals surface area contributed by atoms with E-state index in [0.717, 1.165) is 38.5 Å².